The molecular weight excluding hydrogens is 296 g/mol. The summed E-state index contributed by atoms with van der Waals surface area (Å²) in [5, 5.41) is 0. The largest absolute Gasteiger partial charge is 0.347 e. The molecule has 122 valence electrons. The number of rotatable bonds is 3. The van der Waals surface area contributed by atoms with E-state index in [1.165, 1.54) is 0 Å². The maximum absolute atomic E-state index is 12.7. The Morgan fingerprint density at radius 2 is 2.26 bits per heavy atom. The van der Waals surface area contributed by atoms with Gasteiger partial charge in [-0.2, -0.15) is 4.98 Å². The topological polar surface area (TPSA) is 98.0 Å². The van der Waals surface area contributed by atoms with Crippen LogP contribution in [0.25, 0.3) is 0 Å². The lowest BCUT2D eigenvalue weighted by Gasteiger charge is -2.39. The van der Waals surface area contributed by atoms with Gasteiger partial charge in [-0.15, -0.1) is 0 Å². The Labute approximate surface area is 133 Å². The highest BCUT2D eigenvalue weighted by atomic mass is 16.2. The Hall–Kier alpha value is -2.48. The van der Waals surface area contributed by atoms with Gasteiger partial charge in [0.1, 0.15) is 11.5 Å². The molecule has 1 aliphatic heterocycles. The fourth-order valence-corrected chi connectivity index (χ4v) is 2.95. The van der Waals surface area contributed by atoms with E-state index in [1.54, 1.807) is 30.3 Å². The maximum atomic E-state index is 12.7. The molecule has 1 fully saturated rings. The van der Waals surface area contributed by atoms with E-state index >= 15 is 0 Å². The van der Waals surface area contributed by atoms with Gasteiger partial charge in [0.05, 0.1) is 6.04 Å². The van der Waals surface area contributed by atoms with Crippen LogP contribution in [0.2, 0.25) is 0 Å². The van der Waals surface area contributed by atoms with Crippen LogP contribution in [-0.2, 0) is 0 Å². The molecule has 23 heavy (non-hydrogen) atoms. The zero-order valence-electron chi connectivity index (χ0n) is 13.2. The fourth-order valence-electron chi connectivity index (χ4n) is 2.95. The molecular formula is C15H20N6O2. The summed E-state index contributed by atoms with van der Waals surface area (Å²) in [7, 11) is 0. The third-order valence-corrected chi connectivity index (χ3v) is 4.12. The second kappa shape index (κ2) is 6.33. The van der Waals surface area contributed by atoms with Crippen LogP contribution in [-0.4, -0.2) is 61.8 Å². The molecule has 0 radical (unpaired) electrons. The molecule has 0 saturated carbocycles. The highest BCUT2D eigenvalue weighted by Gasteiger charge is 2.32. The van der Waals surface area contributed by atoms with Crippen molar-refractivity contribution in [1.82, 2.24) is 29.7 Å². The smallest absolute Gasteiger partial charge is 0.345 e. The molecule has 0 bridgehead atoms. The van der Waals surface area contributed by atoms with Crippen LogP contribution in [0.4, 0.5) is 0 Å². The molecule has 8 heteroatoms. The molecule has 0 aromatic carbocycles. The first-order chi connectivity index (χ1) is 11.1. The molecule has 1 atom stereocenters. The lowest BCUT2D eigenvalue weighted by Crippen LogP contribution is -2.51. The number of amides is 1. The van der Waals surface area contributed by atoms with Gasteiger partial charge in [-0.3, -0.25) is 9.69 Å². The number of imidazole rings is 1. The predicted molar refractivity (Wildman–Crippen MR) is 84.1 cm³/mol. The zero-order valence-corrected chi connectivity index (χ0v) is 13.2. The summed E-state index contributed by atoms with van der Waals surface area (Å²) < 4.78 is 0. The summed E-state index contributed by atoms with van der Waals surface area (Å²) in [5.74, 6) is 0.630. The van der Waals surface area contributed by atoms with E-state index in [0.29, 0.717) is 18.8 Å². The second-order valence-corrected chi connectivity index (χ2v) is 5.62. The number of hydrogen-bond donors (Lipinski definition) is 2. The van der Waals surface area contributed by atoms with Crippen molar-refractivity contribution < 1.29 is 4.79 Å². The molecule has 1 saturated heterocycles. The Morgan fingerprint density at radius 1 is 1.43 bits per heavy atom. The molecule has 2 N–H and O–H groups in total. The van der Waals surface area contributed by atoms with Crippen molar-refractivity contribution in [3.05, 3.63) is 46.2 Å². The van der Waals surface area contributed by atoms with Crippen molar-refractivity contribution in [2.75, 3.05) is 26.2 Å². The van der Waals surface area contributed by atoms with Gasteiger partial charge in [0.15, 0.2) is 0 Å². The second-order valence-electron chi connectivity index (χ2n) is 5.62. The van der Waals surface area contributed by atoms with Gasteiger partial charge in [0.2, 0.25) is 0 Å². The van der Waals surface area contributed by atoms with Crippen LogP contribution < -0.4 is 5.69 Å². The number of likely N-dealkylation sites (N-methyl/N-ethyl adjacent to an activating group) is 1. The number of aryl methyl sites for hydroxylation is 1. The lowest BCUT2D eigenvalue weighted by molar-refractivity contribution is 0.0474. The van der Waals surface area contributed by atoms with E-state index in [0.717, 1.165) is 18.9 Å². The summed E-state index contributed by atoms with van der Waals surface area (Å²) in [4.78, 5) is 42.0. The molecule has 0 unspecified atom stereocenters. The minimum atomic E-state index is -0.497. The number of aromatic nitrogens is 4. The van der Waals surface area contributed by atoms with Crippen LogP contribution in [0.1, 0.15) is 35.0 Å². The van der Waals surface area contributed by atoms with Crippen molar-refractivity contribution in [2.24, 2.45) is 0 Å². The normalized spacial score (nSPS) is 19.0. The third kappa shape index (κ3) is 3.16. The Morgan fingerprint density at radius 3 is 2.91 bits per heavy atom. The van der Waals surface area contributed by atoms with Crippen LogP contribution in [0, 0.1) is 6.92 Å². The average molecular weight is 316 g/mol. The third-order valence-electron chi connectivity index (χ3n) is 4.12. The van der Waals surface area contributed by atoms with Crippen LogP contribution in [0.5, 0.6) is 0 Å². The van der Waals surface area contributed by atoms with Crippen molar-refractivity contribution in [2.45, 2.75) is 19.9 Å². The van der Waals surface area contributed by atoms with E-state index < -0.39 is 5.69 Å². The highest BCUT2D eigenvalue weighted by molar-refractivity contribution is 5.92. The standard InChI is InChI=1S/C15H20N6O2/c1-3-20-6-7-21(9-12(20)13-16-4-5-17-13)14(22)11-8-10(2)18-15(23)19-11/h4-5,8,12H,3,6-7,9H2,1-2H3,(H,16,17)(H,18,19,23)/t12-/m0/s1. The SMILES string of the molecule is CCN1CCN(C(=O)c2cc(C)[nH]c(=O)n2)C[C@H]1c1ncc[nH]1. The highest BCUT2D eigenvalue weighted by Crippen LogP contribution is 2.23. The Kier molecular flexibility index (Phi) is 4.24. The summed E-state index contributed by atoms with van der Waals surface area (Å²) in [6.07, 6.45) is 3.50. The average Bonchev–Trinajstić information content (AvgIpc) is 3.07. The van der Waals surface area contributed by atoms with Crippen molar-refractivity contribution in [3.63, 3.8) is 0 Å². The molecule has 8 nitrogen and oxygen atoms in total. The van der Waals surface area contributed by atoms with Gasteiger partial charge >= 0.3 is 5.69 Å². The minimum Gasteiger partial charge on any atom is -0.347 e. The van der Waals surface area contributed by atoms with Gasteiger partial charge in [-0.05, 0) is 19.5 Å². The number of hydrogen-bond acceptors (Lipinski definition) is 5. The number of nitrogens with one attached hydrogen (secondary N) is 2. The van der Waals surface area contributed by atoms with E-state index in [4.69, 9.17) is 0 Å². The van der Waals surface area contributed by atoms with Gasteiger partial charge in [0, 0.05) is 37.7 Å². The first-order valence-corrected chi connectivity index (χ1v) is 7.69. The summed E-state index contributed by atoms with van der Waals surface area (Å²) in [6.45, 7) is 6.60. The molecule has 2 aromatic heterocycles. The Balaban J connectivity index is 1.83. The summed E-state index contributed by atoms with van der Waals surface area (Å²) in [6, 6.07) is 1.63. The van der Waals surface area contributed by atoms with Crippen molar-refractivity contribution in [1.29, 1.82) is 0 Å². The Bertz CT molecular complexity index is 739. The zero-order chi connectivity index (χ0) is 16.4. The van der Waals surface area contributed by atoms with Crippen LogP contribution in [0.15, 0.2) is 23.3 Å². The maximum Gasteiger partial charge on any atom is 0.345 e. The van der Waals surface area contributed by atoms with Crippen LogP contribution >= 0.6 is 0 Å². The fraction of sp³-hybridized carbons (Fsp3) is 0.467. The number of carbonyl (C=O) groups excluding carboxylic acids is 1. The number of H-pyrrole nitrogens is 2. The monoisotopic (exact) mass is 316 g/mol. The summed E-state index contributed by atoms with van der Waals surface area (Å²) >= 11 is 0. The number of piperazine rings is 1. The van der Waals surface area contributed by atoms with Gasteiger partial charge in [-0.1, -0.05) is 6.92 Å². The molecule has 0 spiro atoms. The molecule has 3 heterocycles. The van der Waals surface area contributed by atoms with Crippen molar-refractivity contribution >= 4 is 5.91 Å². The van der Waals surface area contributed by atoms with Gasteiger partial charge < -0.3 is 14.9 Å². The van der Waals surface area contributed by atoms with E-state index in [9.17, 15) is 9.59 Å². The first kappa shape index (κ1) is 15.4. The predicted octanol–water partition coefficient (Wildman–Crippen LogP) is 0.320. The van der Waals surface area contributed by atoms with Crippen molar-refractivity contribution in [3.8, 4) is 0 Å². The van der Waals surface area contributed by atoms with Gasteiger partial charge in [-0.25, -0.2) is 9.78 Å². The minimum absolute atomic E-state index is 0.0239. The van der Waals surface area contributed by atoms with Gasteiger partial charge in [0.25, 0.3) is 5.91 Å². The molecule has 2 aromatic rings. The molecule has 1 aliphatic rings. The number of nitrogens with zero attached hydrogens (tertiary/aromatic N) is 4. The molecule has 1 amide bonds. The number of aromatic amines is 2. The molecule has 3 rings (SSSR count). The summed E-state index contributed by atoms with van der Waals surface area (Å²) in [5.41, 5.74) is 0.320. The quantitative estimate of drug-likeness (QED) is 0.850. The molecule has 0 aliphatic carbocycles. The first-order valence-electron chi connectivity index (χ1n) is 7.69. The van der Waals surface area contributed by atoms with E-state index in [1.807, 2.05) is 0 Å². The number of carbonyl (C=O) groups is 1. The lowest BCUT2D eigenvalue weighted by atomic mass is 10.1. The van der Waals surface area contributed by atoms with Crippen LogP contribution in [0.3, 0.4) is 0 Å². The van der Waals surface area contributed by atoms with E-state index in [-0.39, 0.29) is 17.6 Å². The van der Waals surface area contributed by atoms with E-state index in [2.05, 4.69) is 31.8 Å².